The van der Waals surface area contributed by atoms with Crippen LogP contribution in [-0.2, 0) is 10.9 Å². The number of aliphatic imine (C=N–C) groups is 1. The smallest absolute Gasteiger partial charge is 0.417 e. The molecular formula is C18H26ClF3IN5O2. The van der Waals surface area contributed by atoms with Crippen molar-refractivity contribution < 1.29 is 22.6 Å². The Balaban J connectivity index is 0.00000320. The molecule has 2 saturated heterocycles. The first-order valence-corrected chi connectivity index (χ1v) is 9.89. The Hall–Kier alpha value is -1.05. The zero-order valence-electron chi connectivity index (χ0n) is 16.6. The van der Waals surface area contributed by atoms with Crippen molar-refractivity contribution in [1.82, 2.24) is 20.1 Å². The third kappa shape index (κ3) is 6.72. The molecule has 2 aliphatic rings. The van der Waals surface area contributed by atoms with Crippen molar-refractivity contribution >= 4 is 41.5 Å². The Morgan fingerprint density at radius 1 is 1.37 bits per heavy atom. The van der Waals surface area contributed by atoms with Gasteiger partial charge in [-0.1, -0.05) is 11.6 Å². The third-order valence-electron chi connectivity index (χ3n) is 5.00. The number of guanidine groups is 1. The van der Waals surface area contributed by atoms with Gasteiger partial charge in [0.1, 0.15) is 11.6 Å². The molecule has 1 aromatic heterocycles. The van der Waals surface area contributed by atoms with Crippen LogP contribution in [0.2, 0.25) is 5.02 Å². The van der Waals surface area contributed by atoms with Gasteiger partial charge >= 0.3 is 6.18 Å². The summed E-state index contributed by atoms with van der Waals surface area (Å²) in [6, 6.07) is 1.30. The van der Waals surface area contributed by atoms with E-state index in [1.54, 1.807) is 7.05 Å². The molecule has 0 radical (unpaired) electrons. The van der Waals surface area contributed by atoms with Crippen LogP contribution in [0.15, 0.2) is 17.3 Å². The fourth-order valence-corrected chi connectivity index (χ4v) is 3.73. The van der Waals surface area contributed by atoms with Gasteiger partial charge < -0.3 is 19.7 Å². The van der Waals surface area contributed by atoms with Gasteiger partial charge in [-0.3, -0.25) is 9.89 Å². The van der Waals surface area contributed by atoms with E-state index in [4.69, 9.17) is 21.1 Å². The fraction of sp³-hybridized carbons (Fsp3) is 0.667. The third-order valence-corrected chi connectivity index (χ3v) is 5.27. The minimum atomic E-state index is -4.49. The van der Waals surface area contributed by atoms with Gasteiger partial charge in [-0.25, -0.2) is 4.98 Å². The number of likely N-dealkylation sites (tertiary alicyclic amines) is 1. The molecule has 0 spiro atoms. The molecule has 0 saturated carbocycles. The maximum Gasteiger partial charge on any atom is 0.417 e. The van der Waals surface area contributed by atoms with Gasteiger partial charge in [-0.2, -0.15) is 13.2 Å². The van der Waals surface area contributed by atoms with E-state index in [0.29, 0.717) is 18.8 Å². The van der Waals surface area contributed by atoms with Gasteiger partial charge in [0, 0.05) is 45.5 Å². The minimum absolute atomic E-state index is 0. The van der Waals surface area contributed by atoms with E-state index in [9.17, 15) is 13.2 Å². The maximum absolute atomic E-state index is 12.7. The van der Waals surface area contributed by atoms with E-state index < -0.39 is 11.7 Å². The molecule has 0 aromatic carbocycles. The van der Waals surface area contributed by atoms with E-state index in [-0.39, 0.29) is 41.5 Å². The lowest BCUT2D eigenvalue weighted by molar-refractivity contribution is -0.137. The average molecular weight is 564 g/mol. The minimum Gasteiger partial charge on any atom is -0.475 e. The summed E-state index contributed by atoms with van der Waals surface area (Å²) in [7, 11) is 1.72. The van der Waals surface area contributed by atoms with E-state index in [0.717, 1.165) is 57.8 Å². The van der Waals surface area contributed by atoms with Gasteiger partial charge in [0.05, 0.1) is 25.3 Å². The van der Waals surface area contributed by atoms with Gasteiger partial charge in [0.2, 0.25) is 5.88 Å². The zero-order chi connectivity index (χ0) is 20.9. The van der Waals surface area contributed by atoms with E-state index in [2.05, 4.69) is 25.1 Å². The molecule has 1 atom stereocenters. The molecule has 1 unspecified atom stereocenters. The van der Waals surface area contributed by atoms with E-state index in [1.165, 1.54) is 0 Å². The van der Waals surface area contributed by atoms with Crippen molar-refractivity contribution in [2.45, 2.75) is 18.6 Å². The van der Waals surface area contributed by atoms with Gasteiger partial charge in [-0.05, 0) is 12.5 Å². The number of hydrogen-bond donors (Lipinski definition) is 1. The van der Waals surface area contributed by atoms with Crippen LogP contribution in [0, 0.1) is 0 Å². The first-order chi connectivity index (χ1) is 13.9. The van der Waals surface area contributed by atoms with Crippen molar-refractivity contribution in [2.75, 3.05) is 59.6 Å². The lowest BCUT2D eigenvalue weighted by Crippen LogP contribution is -2.47. The number of aromatic nitrogens is 1. The van der Waals surface area contributed by atoms with Gasteiger partial charge in [0.25, 0.3) is 0 Å². The lowest BCUT2D eigenvalue weighted by Gasteiger charge is -2.32. The zero-order valence-corrected chi connectivity index (χ0v) is 19.7. The second-order valence-electron chi connectivity index (χ2n) is 6.87. The average Bonchev–Trinajstić information content (AvgIpc) is 3.19. The summed E-state index contributed by atoms with van der Waals surface area (Å²) in [6.45, 7) is 5.89. The fourth-order valence-electron chi connectivity index (χ4n) is 3.50. The van der Waals surface area contributed by atoms with E-state index >= 15 is 0 Å². The number of pyridine rings is 1. The predicted molar refractivity (Wildman–Crippen MR) is 119 cm³/mol. The SMILES string of the molecule is CN=C(NCCOc1ncc(C(F)(F)F)cc1Cl)N1CCC(N2CCOCC2)C1.I. The normalized spacial score (nSPS) is 20.8. The molecule has 1 aromatic rings. The number of ether oxygens (including phenoxy) is 2. The van der Waals surface area contributed by atoms with Crippen molar-refractivity contribution in [3.63, 3.8) is 0 Å². The summed E-state index contributed by atoms with van der Waals surface area (Å²) in [6.07, 6.45) is -2.70. The first kappa shape index (κ1) is 25.2. The first-order valence-electron chi connectivity index (χ1n) is 9.51. The molecule has 7 nitrogen and oxygen atoms in total. The lowest BCUT2D eigenvalue weighted by atomic mass is 10.2. The number of nitrogens with zero attached hydrogens (tertiary/aromatic N) is 4. The molecule has 30 heavy (non-hydrogen) atoms. The molecule has 0 amide bonds. The van der Waals surface area contributed by atoms with Gasteiger partial charge in [-0.15, -0.1) is 24.0 Å². The van der Waals surface area contributed by atoms with Crippen LogP contribution >= 0.6 is 35.6 Å². The molecule has 1 N–H and O–H groups in total. The molecule has 12 heteroatoms. The Kier molecular flexibility index (Phi) is 9.69. The topological polar surface area (TPSA) is 62.2 Å². The summed E-state index contributed by atoms with van der Waals surface area (Å²) in [5.41, 5.74) is -0.905. The summed E-state index contributed by atoms with van der Waals surface area (Å²) >= 11 is 5.84. The Morgan fingerprint density at radius 2 is 2.10 bits per heavy atom. The molecule has 0 bridgehead atoms. The Bertz CT molecular complexity index is 720. The highest BCUT2D eigenvalue weighted by atomic mass is 127. The van der Waals surface area contributed by atoms with Crippen LogP contribution in [0.25, 0.3) is 0 Å². The predicted octanol–water partition coefficient (Wildman–Crippen LogP) is 2.73. The van der Waals surface area contributed by atoms with Crippen molar-refractivity contribution in [3.05, 3.63) is 22.8 Å². The Morgan fingerprint density at radius 3 is 2.73 bits per heavy atom. The van der Waals surface area contributed by atoms with Crippen molar-refractivity contribution in [2.24, 2.45) is 4.99 Å². The second-order valence-corrected chi connectivity index (χ2v) is 7.28. The number of rotatable bonds is 5. The number of alkyl halides is 3. The van der Waals surface area contributed by atoms with Crippen LogP contribution in [-0.4, -0.2) is 86.4 Å². The van der Waals surface area contributed by atoms with Crippen molar-refractivity contribution in [3.8, 4) is 5.88 Å². The monoisotopic (exact) mass is 563 g/mol. The quantitative estimate of drug-likeness (QED) is 0.257. The number of halogens is 5. The van der Waals surface area contributed by atoms with Crippen LogP contribution in [0.4, 0.5) is 13.2 Å². The van der Waals surface area contributed by atoms with Gasteiger partial charge in [0.15, 0.2) is 5.96 Å². The molecule has 170 valence electrons. The van der Waals surface area contributed by atoms with Crippen LogP contribution in [0.1, 0.15) is 12.0 Å². The van der Waals surface area contributed by atoms with Crippen molar-refractivity contribution in [1.29, 1.82) is 0 Å². The van der Waals surface area contributed by atoms with Crippen LogP contribution in [0.5, 0.6) is 5.88 Å². The molecule has 2 aliphatic heterocycles. The van der Waals surface area contributed by atoms with Crippen LogP contribution in [0.3, 0.4) is 0 Å². The number of morpholine rings is 1. The highest BCUT2D eigenvalue weighted by molar-refractivity contribution is 14.0. The summed E-state index contributed by atoms with van der Waals surface area (Å²) < 4.78 is 48.8. The second kappa shape index (κ2) is 11.5. The van der Waals surface area contributed by atoms with E-state index in [1.807, 2.05) is 0 Å². The molecular weight excluding hydrogens is 538 g/mol. The molecule has 0 aliphatic carbocycles. The maximum atomic E-state index is 12.7. The highest BCUT2D eigenvalue weighted by Gasteiger charge is 2.32. The number of hydrogen-bond acceptors (Lipinski definition) is 5. The number of nitrogens with one attached hydrogen (secondary N) is 1. The van der Waals surface area contributed by atoms with Crippen LogP contribution < -0.4 is 10.1 Å². The standard InChI is InChI=1S/C18H25ClF3N5O2.HI/c1-23-17(27-4-2-14(12-27)26-5-8-28-9-6-26)24-3-7-29-16-15(19)10-13(11-25-16)18(20,21)22;/h10-11,14H,2-9,12H2,1H3,(H,23,24);1H. The molecule has 3 rings (SSSR count). The summed E-state index contributed by atoms with van der Waals surface area (Å²) in [4.78, 5) is 12.6. The Labute approximate surface area is 196 Å². The summed E-state index contributed by atoms with van der Waals surface area (Å²) in [5, 5.41) is 3.05. The molecule has 3 heterocycles. The summed E-state index contributed by atoms with van der Waals surface area (Å²) in [5.74, 6) is 0.751. The largest absolute Gasteiger partial charge is 0.475 e. The highest BCUT2D eigenvalue weighted by Crippen LogP contribution is 2.33. The molecule has 2 fully saturated rings.